The number of carboxylic acids is 1. The molecule has 0 bridgehead atoms. The maximum atomic E-state index is 14.1. The lowest BCUT2D eigenvalue weighted by molar-refractivity contribution is 0.0459. The Morgan fingerprint density at radius 3 is 2.44 bits per heavy atom. The lowest BCUT2D eigenvalue weighted by Crippen LogP contribution is -2.50. The number of rotatable bonds is 5. The summed E-state index contributed by atoms with van der Waals surface area (Å²) in [6.45, 7) is 3.82. The number of aromatic nitrogens is 1. The maximum Gasteiger partial charge on any atom is 0.335 e. The molecule has 6 nitrogen and oxygen atoms in total. The summed E-state index contributed by atoms with van der Waals surface area (Å²) >= 11 is 0. The number of carbonyl (C=O) groups is 1. The second kappa shape index (κ2) is 7.97. The van der Waals surface area contributed by atoms with Gasteiger partial charge in [-0.05, 0) is 73.4 Å². The molecule has 4 N–H and O–H groups in total. The van der Waals surface area contributed by atoms with Crippen LogP contribution in [0.5, 0.6) is 5.75 Å². The third-order valence-corrected chi connectivity index (χ3v) is 6.94. The van der Waals surface area contributed by atoms with E-state index in [1.165, 1.54) is 6.07 Å². The fourth-order valence-corrected chi connectivity index (χ4v) is 5.30. The van der Waals surface area contributed by atoms with Crippen LogP contribution in [0, 0.1) is 12.7 Å². The van der Waals surface area contributed by atoms with Gasteiger partial charge < -0.3 is 20.0 Å². The molecule has 0 amide bonds. The number of halogens is 1. The number of aromatic carboxylic acids is 1. The average molecular weight is 461 g/mol. The first-order chi connectivity index (χ1) is 16.2. The lowest BCUT2D eigenvalue weighted by atomic mass is 9.63. The minimum atomic E-state index is -1.01. The molecule has 4 aromatic rings. The average Bonchev–Trinajstić information content (AvgIpc) is 3.15. The van der Waals surface area contributed by atoms with E-state index in [4.69, 9.17) is 0 Å². The fourth-order valence-electron chi connectivity index (χ4n) is 5.30. The van der Waals surface area contributed by atoms with Gasteiger partial charge in [0.2, 0.25) is 0 Å². The van der Waals surface area contributed by atoms with E-state index in [0.29, 0.717) is 23.8 Å². The monoisotopic (exact) mass is 460 g/mol. The molecule has 7 heteroatoms. The first-order valence-corrected chi connectivity index (χ1v) is 11.1. The second-order valence-corrected chi connectivity index (χ2v) is 9.34. The molecule has 5 rings (SSSR count). The summed E-state index contributed by atoms with van der Waals surface area (Å²) in [7, 11) is 0. The number of hydroxylamine groups is 1. The summed E-state index contributed by atoms with van der Waals surface area (Å²) in [5.41, 5.74) is 6.68. The number of hydrogen-bond acceptors (Lipinski definition) is 4. The van der Waals surface area contributed by atoms with Gasteiger partial charge in [-0.15, -0.1) is 0 Å². The van der Waals surface area contributed by atoms with Gasteiger partial charge >= 0.3 is 5.97 Å². The van der Waals surface area contributed by atoms with Gasteiger partial charge in [-0.1, -0.05) is 25.1 Å². The Bertz CT molecular complexity index is 1420. The Morgan fingerprint density at radius 1 is 1.12 bits per heavy atom. The SMILES string of the molecule is Cc1cc(-n2c(C3(C)CC(NO)C3)c(-c3ccc(C(=O)O)cc3)c3c(O)cccc32)ccc1F. The summed E-state index contributed by atoms with van der Waals surface area (Å²) in [5, 5.41) is 30.4. The van der Waals surface area contributed by atoms with Crippen molar-refractivity contribution in [1.29, 1.82) is 0 Å². The zero-order chi connectivity index (χ0) is 24.2. The molecule has 34 heavy (non-hydrogen) atoms. The third kappa shape index (κ3) is 3.36. The molecule has 0 spiro atoms. The van der Waals surface area contributed by atoms with Crippen LogP contribution in [0.3, 0.4) is 0 Å². The molecule has 174 valence electrons. The van der Waals surface area contributed by atoms with Crippen LogP contribution in [0.15, 0.2) is 60.7 Å². The number of phenols is 1. The molecule has 1 fully saturated rings. The van der Waals surface area contributed by atoms with Crippen LogP contribution in [-0.4, -0.2) is 32.0 Å². The number of aromatic hydroxyl groups is 1. The molecule has 0 aliphatic heterocycles. The standard InChI is InChI=1S/C27H25FN2O4/c1-15-12-19(10-11-20(15)28)30-21-4-3-5-22(31)24(21)23(16-6-8-17(9-7-16)26(32)33)25(30)27(2)13-18(14-27)29-34/h3-12,18,29,31,34H,13-14H2,1-2H3,(H,32,33). The Balaban J connectivity index is 1.87. The van der Waals surface area contributed by atoms with E-state index in [1.807, 2.05) is 6.07 Å². The highest BCUT2D eigenvalue weighted by atomic mass is 19.1. The molecular weight excluding hydrogens is 435 g/mol. The van der Waals surface area contributed by atoms with Gasteiger partial charge in [-0.2, -0.15) is 0 Å². The Hall–Kier alpha value is -3.68. The zero-order valence-corrected chi connectivity index (χ0v) is 18.8. The van der Waals surface area contributed by atoms with Crippen molar-refractivity contribution in [2.24, 2.45) is 0 Å². The minimum absolute atomic E-state index is 0.0674. The summed E-state index contributed by atoms with van der Waals surface area (Å²) in [5.74, 6) is -1.21. The van der Waals surface area contributed by atoms with E-state index in [0.717, 1.165) is 28.0 Å². The molecule has 1 saturated carbocycles. The number of carboxylic acid groups (broad SMARTS) is 1. The summed E-state index contributed by atoms with van der Waals surface area (Å²) in [4.78, 5) is 11.4. The predicted molar refractivity (Wildman–Crippen MR) is 127 cm³/mol. The molecule has 1 aliphatic carbocycles. The van der Waals surface area contributed by atoms with Gasteiger partial charge in [0.05, 0.1) is 11.1 Å². The topological polar surface area (TPSA) is 94.7 Å². The van der Waals surface area contributed by atoms with Crippen molar-refractivity contribution < 1.29 is 24.6 Å². The highest BCUT2D eigenvalue weighted by Gasteiger charge is 2.46. The summed E-state index contributed by atoms with van der Waals surface area (Å²) in [6.07, 6.45) is 1.31. The van der Waals surface area contributed by atoms with Crippen molar-refractivity contribution in [2.45, 2.75) is 38.1 Å². The smallest absolute Gasteiger partial charge is 0.335 e. The van der Waals surface area contributed by atoms with Crippen molar-refractivity contribution in [3.63, 3.8) is 0 Å². The van der Waals surface area contributed by atoms with Gasteiger partial charge in [-0.3, -0.25) is 0 Å². The maximum absolute atomic E-state index is 14.1. The molecule has 1 heterocycles. The molecule has 1 aromatic heterocycles. The van der Waals surface area contributed by atoms with Crippen LogP contribution < -0.4 is 5.48 Å². The van der Waals surface area contributed by atoms with Crippen LogP contribution in [0.25, 0.3) is 27.7 Å². The molecule has 3 aromatic carbocycles. The Kier molecular flexibility index (Phi) is 5.19. The van der Waals surface area contributed by atoms with Crippen LogP contribution in [0.4, 0.5) is 4.39 Å². The number of benzene rings is 3. The molecule has 0 unspecified atom stereocenters. The quantitative estimate of drug-likeness (QED) is 0.293. The van der Waals surface area contributed by atoms with Crippen LogP contribution in [0.2, 0.25) is 0 Å². The molecule has 0 saturated heterocycles. The number of nitrogens with zero attached hydrogens (tertiary/aromatic N) is 1. The number of fused-ring (bicyclic) bond motifs is 1. The molecule has 1 aliphatic rings. The van der Waals surface area contributed by atoms with Crippen LogP contribution in [0.1, 0.15) is 41.4 Å². The van der Waals surface area contributed by atoms with E-state index < -0.39 is 5.97 Å². The molecular formula is C27H25FN2O4. The number of nitrogens with one attached hydrogen (secondary N) is 1. The van der Waals surface area contributed by atoms with Crippen molar-refractivity contribution >= 4 is 16.9 Å². The van der Waals surface area contributed by atoms with Crippen LogP contribution >= 0.6 is 0 Å². The highest BCUT2D eigenvalue weighted by molar-refractivity contribution is 6.04. The minimum Gasteiger partial charge on any atom is -0.507 e. The van der Waals surface area contributed by atoms with Gasteiger partial charge in [0.15, 0.2) is 0 Å². The van der Waals surface area contributed by atoms with E-state index >= 15 is 0 Å². The number of aryl methyl sites for hydroxylation is 1. The molecule has 0 radical (unpaired) electrons. The normalized spacial score (nSPS) is 19.8. The Labute approximate surface area is 195 Å². The van der Waals surface area contributed by atoms with E-state index in [-0.39, 0.29) is 28.6 Å². The van der Waals surface area contributed by atoms with Gasteiger partial charge in [0.25, 0.3) is 0 Å². The van der Waals surface area contributed by atoms with Gasteiger partial charge in [0, 0.05) is 33.8 Å². The van der Waals surface area contributed by atoms with Crippen molar-refractivity contribution in [3.05, 3.63) is 83.3 Å². The van der Waals surface area contributed by atoms with Gasteiger partial charge in [0.1, 0.15) is 11.6 Å². The number of phenolic OH excluding ortho intramolecular Hbond substituents is 1. The van der Waals surface area contributed by atoms with E-state index in [2.05, 4.69) is 17.0 Å². The van der Waals surface area contributed by atoms with Crippen LogP contribution in [-0.2, 0) is 5.41 Å². The predicted octanol–water partition coefficient (Wildman–Crippen LogP) is 5.55. The zero-order valence-electron chi connectivity index (χ0n) is 18.8. The highest BCUT2D eigenvalue weighted by Crippen LogP contribution is 2.52. The lowest BCUT2D eigenvalue weighted by Gasteiger charge is -2.45. The summed E-state index contributed by atoms with van der Waals surface area (Å²) in [6, 6.07) is 16.8. The first kappa shape index (κ1) is 22.1. The Morgan fingerprint density at radius 2 is 1.82 bits per heavy atom. The second-order valence-electron chi connectivity index (χ2n) is 9.34. The first-order valence-electron chi connectivity index (χ1n) is 11.1. The largest absolute Gasteiger partial charge is 0.507 e. The third-order valence-electron chi connectivity index (χ3n) is 6.94. The van der Waals surface area contributed by atoms with Gasteiger partial charge in [-0.25, -0.2) is 14.7 Å². The van der Waals surface area contributed by atoms with Crippen molar-refractivity contribution in [2.75, 3.05) is 0 Å². The number of hydrogen-bond donors (Lipinski definition) is 4. The van der Waals surface area contributed by atoms with E-state index in [9.17, 15) is 24.6 Å². The fraction of sp³-hybridized carbons (Fsp3) is 0.222. The van der Waals surface area contributed by atoms with Crippen molar-refractivity contribution in [1.82, 2.24) is 10.0 Å². The van der Waals surface area contributed by atoms with E-state index in [1.54, 1.807) is 55.5 Å². The van der Waals surface area contributed by atoms with Crippen molar-refractivity contribution in [3.8, 4) is 22.6 Å². The molecule has 0 atom stereocenters. The summed E-state index contributed by atoms with van der Waals surface area (Å²) < 4.78 is 16.2.